The quantitative estimate of drug-likeness (QED) is 0.527. The molecular weight excluding hydrogens is 275 g/mol. The van der Waals surface area contributed by atoms with E-state index >= 15 is 0 Å². The van der Waals surface area contributed by atoms with Gasteiger partial charge in [0.2, 0.25) is 0 Å². The lowest BCUT2D eigenvalue weighted by Gasteiger charge is -2.45. The van der Waals surface area contributed by atoms with Crippen LogP contribution in [0.1, 0.15) is 59.9 Å². The maximum Gasteiger partial charge on any atom is 0.118 e. The van der Waals surface area contributed by atoms with Crippen LogP contribution < -0.4 is 4.74 Å². The Morgan fingerprint density at radius 2 is 1.38 bits per heavy atom. The van der Waals surface area contributed by atoms with Gasteiger partial charge in [0.25, 0.3) is 0 Å². The molecule has 1 aromatic rings. The third kappa shape index (κ3) is 4.99. The molecule has 0 N–H and O–H groups in total. The topological polar surface area (TPSA) is 9.23 Å². The van der Waals surface area contributed by atoms with Gasteiger partial charge in [-0.2, -0.15) is 0 Å². The van der Waals surface area contributed by atoms with Gasteiger partial charge in [0.05, 0.1) is 7.11 Å². The Balaban J connectivity index is 2.82. The molecule has 0 bridgehead atoms. The van der Waals surface area contributed by atoms with Gasteiger partial charge in [0.15, 0.2) is 0 Å². The van der Waals surface area contributed by atoms with Crippen molar-refractivity contribution in [3.63, 3.8) is 0 Å². The molecule has 21 heavy (non-hydrogen) atoms. The molecule has 0 unspecified atom stereocenters. The highest BCUT2D eigenvalue weighted by molar-refractivity contribution is 7.60. The minimum absolute atomic E-state index is 0.0136. The van der Waals surface area contributed by atoms with E-state index < -0.39 is 0 Å². The molecule has 0 aromatic heterocycles. The summed E-state index contributed by atoms with van der Waals surface area (Å²) in [5.41, 5.74) is 1.43. The monoisotopic (exact) mass is 308 g/mol. The number of ether oxygens (including phenoxy) is 1. The summed E-state index contributed by atoms with van der Waals surface area (Å²) < 4.78 is 5.24. The molecular formula is C19H33OP. The number of hydrogen-bond donors (Lipinski definition) is 0. The molecule has 0 saturated carbocycles. The molecule has 0 amide bonds. The predicted molar refractivity (Wildman–Crippen MR) is 97.2 cm³/mol. The lowest BCUT2D eigenvalue weighted by atomic mass is 10.1. The van der Waals surface area contributed by atoms with Gasteiger partial charge in [-0.25, -0.2) is 0 Å². The first kappa shape index (κ1) is 18.5. The van der Waals surface area contributed by atoms with E-state index in [0.717, 1.165) is 5.75 Å². The fraction of sp³-hybridized carbons (Fsp3) is 0.684. The summed E-state index contributed by atoms with van der Waals surface area (Å²) in [6.45, 7) is 14.5. The van der Waals surface area contributed by atoms with Gasteiger partial charge in [-0.1, -0.05) is 61.6 Å². The Labute approximate surface area is 133 Å². The summed E-state index contributed by atoms with van der Waals surface area (Å²) in [7, 11) is 1.71. The van der Waals surface area contributed by atoms with Gasteiger partial charge in [0.1, 0.15) is 5.75 Å². The van der Waals surface area contributed by atoms with Crippen molar-refractivity contribution in [2.75, 3.05) is 13.3 Å². The van der Waals surface area contributed by atoms with E-state index in [0.29, 0.717) is 10.3 Å². The predicted octanol–water partition coefficient (Wildman–Crippen LogP) is 6.10. The van der Waals surface area contributed by atoms with Gasteiger partial charge in [-0.15, -0.1) is 0 Å². The Morgan fingerprint density at radius 1 is 0.905 bits per heavy atom. The molecule has 0 heterocycles. The fourth-order valence-corrected chi connectivity index (χ4v) is 6.93. The average molecular weight is 308 g/mol. The molecule has 0 aliphatic carbocycles. The number of aryl methyl sites for hydroxylation is 1. The van der Waals surface area contributed by atoms with Crippen LogP contribution in [0.15, 0.2) is 24.3 Å². The van der Waals surface area contributed by atoms with Gasteiger partial charge in [-0.05, 0) is 53.4 Å². The van der Waals surface area contributed by atoms with Crippen LogP contribution in [0.25, 0.3) is 0 Å². The molecule has 0 aliphatic heterocycles. The zero-order valence-electron chi connectivity index (χ0n) is 15.0. The summed E-state index contributed by atoms with van der Waals surface area (Å²) in [6.07, 6.45) is 5.04. The Morgan fingerprint density at radius 3 is 1.76 bits per heavy atom. The maximum absolute atomic E-state index is 5.24. The highest BCUT2D eigenvalue weighted by Crippen LogP contribution is 2.62. The van der Waals surface area contributed by atoms with E-state index in [-0.39, 0.29) is 7.92 Å². The third-order valence-electron chi connectivity index (χ3n) is 4.97. The standard InChI is InChI=1S/C19H33OP/c1-8-18(3,4)21(19(5,6)9-2)15-14-16-10-12-17(20-7)13-11-16/h10-13H,8-9,14-15H2,1-7H3. The van der Waals surface area contributed by atoms with Crippen LogP contribution in [0.3, 0.4) is 0 Å². The fourth-order valence-electron chi connectivity index (χ4n) is 2.84. The zero-order chi connectivity index (χ0) is 16.1. The lowest BCUT2D eigenvalue weighted by Crippen LogP contribution is -2.31. The number of methoxy groups -OCH3 is 1. The second kappa shape index (κ2) is 7.63. The highest BCUT2D eigenvalue weighted by atomic mass is 31.1. The van der Waals surface area contributed by atoms with E-state index in [4.69, 9.17) is 4.74 Å². The Hall–Kier alpha value is -0.550. The molecule has 0 atom stereocenters. The van der Waals surface area contributed by atoms with Crippen LogP contribution in [0.5, 0.6) is 5.75 Å². The van der Waals surface area contributed by atoms with Gasteiger partial charge < -0.3 is 4.74 Å². The van der Waals surface area contributed by atoms with Crippen LogP contribution in [0.2, 0.25) is 0 Å². The van der Waals surface area contributed by atoms with Crippen LogP contribution in [-0.2, 0) is 6.42 Å². The smallest absolute Gasteiger partial charge is 0.118 e. The molecule has 1 rings (SSSR count). The van der Waals surface area contributed by atoms with Crippen LogP contribution in [0, 0.1) is 0 Å². The van der Waals surface area contributed by atoms with Crippen molar-refractivity contribution in [1.29, 1.82) is 0 Å². The Kier molecular flexibility index (Phi) is 6.72. The summed E-state index contributed by atoms with van der Waals surface area (Å²) in [4.78, 5) is 0. The Bertz CT molecular complexity index is 404. The van der Waals surface area contributed by atoms with Gasteiger partial charge in [-0.3, -0.25) is 0 Å². The molecule has 120 valence electrons. The van der Waals surface area contributed by atoms with Crippen LogP contribution >= 0.6 is 7.92 Å². The number of benzene rings is 1. The molecule has 0 saturated heterocycles. The van der Waals surface area contributed by atoms with E-state index in [1.165, 1.54) is 31.0 Å². The van der Waals surface area contributed by atoms with Crippen LogP contribution in [0.4, 0.5) is 0 Å². The van der Waals surface area contributed by atoms with Crippen molar-refractivity contribution >= 4 is 7.92 Å². The summed E-state index contributed by atoms with van der Waals surface area (Å²) in [5.74, 6) is 0.948. The second-order valence-electron chi connectivity index (χ2n) is 7.08. The second-order valence-corrected chi connectivity index (χ2v) is 10.8. The van der Waals surface area contributed by atoms with E-state index in [1.807, 2.05) is 0 Å². The van der Waals surface area contributed by atoms with Crippen molar-refractivity contribution in [1.82, 2.24) is 0 Å². The molecule has 0 fully saturated rings. The SMILES string of the molecule is CCC(C)(C)P(CCc1ccc(OC)cc1)C(C)(C)CC. The average Bonchev–Trinajstić information content (AvgIpc) is 2.47. The largest absolute Gasteiger partial charge is 0.497 e. The lowest BCUT2D eigenvalue weighted by molar-refractivity contribution is 0.414. The molecule has 0 radical (unpaired) electrons. The minimum Gasteiger partial charge on any atom is -0.497 e. The van der Waals surface area contributed by atoms with Crippen molar-refractivity contribution in [2.45, 2.75) is 71.1 Å². The van der Waals surface area contributed by atoms with Crippen molar-refractivity contribution in [2.24, 2.45) is 0 Å². The van der Waals surface area contributed by atoms with Crippen molar-refractivity contribution in [3.05, 3.63) is 29.8 Å². The summed E-state index contributed by atoms with van der Waals surface area (Å²) in [5, 5.41) is 0.919. The van der Waals surface area contributed by atoms with Crippen LogP contribution in [-0.4, -0.2) is 23.6 Å². The maximum atomic E-state index is 5.24. The molecule has 2 heteroatoms. The summed E-state index contributed by atoms with van der Waals surface area (Å²) >= 11 is 0. The zero-order valence-corrected chi connectivity index (χ0v) is 15.9. The van der Waals surface area contributed by atoms with Gasteiger partial charge in [0, 0.05) is 0 Å². The highest BCUT2D eigenvalue weighted by Gasteiger charge is 2.37. The van der Waals surface area contributed by atoms with Crippen molar-refractivity contribution < 1.29 is 4.74 Å². The third-order valence-corrected chi connectivity index (χ3v) is 9.20. The van der Waals surface area contributed by atoms with E-state index in [2.05, 4.69) is 65.8 Å². The molecule has 1 aromatic carbocycles. The first-order valence-corrected chi connectivity index (χ1v) is 9.70. The van der Waals surface area contributed by atoms with E-state index in [9.17, 15) is 0 Å². The van der Waals surface area contributed by atoms with E-state index in [1.54, 1.807) is 7.11 Å². The molecule has 1 nitrogen and oxygen atoms in total. The van der Waals surface area contributed by atoms with Crippen molar-refractivity contribution in [3.8, 4) is 5.75 Å². The number of hydrogen-bond acceptors (Lipinski definition) is 1. The normalized spacial score (nSPS) is 12.8. The number of rotatable bonds is 8. The summed E-state index contributed by atoms with van der Waals surface area (Å²) in [6, 6.07) is 8.58. The molecule has 0 aliphatic rings. The minimum atomic E-state index is -0.0136. The molecule has 0 spiro atoms. The first-order valence-electron chi connectivity index (χ1n) is 8.17. The van der Waals surface area contributed by atoms with Gasteiger partial charge >= 0.3 is 0 Å². The first-order chi connectivity index (χ1) is 9.76.